The fraction of sp³-hybridized carbons (Fsp3) is 0.615. The maximum atomic E-state index is 13.2. The predicted molar refractivity (Wildman–Crippen MR) is 138 cm³/mol. The van der Waals surface area contributed by atoms with Crippen LogP contribution >= 0.6 is 0 Å². The van der Waals surface area contributed by atoms with Gasteiger partial charge in [-0.1, -0.05) is 26.0 Å². The number of rotatable bonds is 6. The summed E-state index contributed by atoms with van der Waals surface area (Å²) in [4.78, 5) is 53.8. The molecular formula is C26H41N5O5. The van der Waals surface area contributed by atoms with Gasteiger partial charge in [0.05, 0.1) is 11.6 Å². The van der Waals surface area contributed by atoms with Gasteiger partial charge in [0, 0.05) is 13.0 Å². The number of nitrogens with one attached hydrogen (secondary N) is 4. The van der Waals surface area contributed by atoms with Crippen LogP contribution in [-0.2, 0) is 14.4 Å². The highest BCUT2D eigenvalue weighted by Crippen LogP contribution is 2.20. The van der Waals surface area contributed by atoms with Gasteiger partial charge in [0.1, 0.15) is 23.9 Å². The van der Waals surface area contributed by atoms with Crippen molar-refractivity contribution in [2.75, 3.05) is 33.8 Å². The van der Waals surface area contributed by atoms with Crippen molar-refractivity contribution in [2.24, 2.45) is 5.92 Å². The Bertz CT molecular complexity index is 931. The number of benzene rings is 1. The summed E-state index contributed by atoms with van der Waals surface area (Å²) in [6.07, 6.45) is 0.780. The minimum atomic E-state index is -1.17. The first-order valence-electron chi connectivity index (χ1n) is 12.5. The molecule has 0 radical (unpaired) electrons. The molecule has 4 amide bonds. The van der Waals surface area contributed by atoms with E-state index in [0.717, 1.165) is 13.0 Å². The summed E-state index contributed by atoms with van der Waals surface area (Å²) < 4.78 is 5.98. The van der Waals surface area contributed by atoms with E-state index in [1.165, 1.54) is 0 Å². The van der Waals surface area contributed by atoms with E-state index < -0.39 is 17.5 Å². The molecule has 4 N–H and O–H groups in total. The van der Waals surface area contributed by atoms with Crippen LogP contribution in [0.3, 0.4) is 0 Å². The molecule has 0 aromatic heterocycles. The molecule has 10 nitrogen and oxygen atoms in total. The fourth-order valence-electron chi connectivity index (χ4n) is 3.69. The van der Waals surface area contributed by atoms with E-state index in [-0.39, 0.29) is 54.7 Å². The number of fused-ring (bicyclic) bond motifs is 1. The Morgan fingerprint density at radius 3 is 2.53 bits per heavy atom. The maximum Gasteiger partial charge on any atom is 0.255 e. The van der Waals surface area contributed by atoms with Crippen LogP contribution in [0.1, 0.15) is 57.3 Å². The van der Waals surface area contributed by atoms with E-state index in [2.05, 4.69) is 21.3 Å². The lowest BCUT2D eigenvalue weighted by Gasteiger charge is -2.30. The molecule has 0 saturated heterocycles. The molecule has 1 aromatic rings. The number of nitrogens with zero attached hydrogens (tertiary/aromatic N) is 1. The van der Waals surface area contributed by atoms with Gasteiger partial charge in [-0.2, -0.15) is 0 Å². The van der Waals surface area contributed by atoms with Crippen LogP contribution in [0, 0.1) is 5.92 Å². The largest absolute Gasteiger partial charge is 0.491 e. The molecule has 200 valence electrons. The quantitative estimate of drug-likeness (QED) is 0.430. The van der Waals surface area contributed by atoms with Gasteiger partial charge >= 0.3 is 0 Å². The average molecular weight is 504 g/mol. The normalized spacial score (nSPS) is 21.3. The van der Waals surface area contributed by atoms with Crippen molar-refractivity contribution in [3.05, 3.63) is 29.8 Å². The number of carbonyl (C=O) groups is 4. The van der Waals surface area contributed by atoms with Crippen molar-refractivity contribution in [1.82, 2.24) is 26.2 Å². The molecule has 2 rings (SSSR count). The first-order valence-corrected chi connectivity index (χ1v) is 12.5. The van der Waals surface area contributed by atoms with Crippen LogP contribution in [0.25, 0.3) is 0 Å². The molecule has 1 aliphatic rings. The molecule has 0 fully saturated rings. The fourth-order valence-corrected chi connectivity index (χ4v) is 3.69. The molecule has 1 aliphatic heterocycles. The minimum Gasteiger partial charge on any atom is -0.491 e. The van der Waals surface area contributed by atoms with Crippen LogP contribution in [0.5, 0.6) is 5.75 Å². The Labute approximate surface area is 213 Å². The second-order valence-corrected chi connectivity index (χ2v) is 10.3. The number of ether oxygens (including phenoxy) is 1. The summed E-state index contributed by atoms with van der Waals surface area (Å²) in [6.45, 7) is 8.54. The van der Waals surface area contributed by atoms with Crippen LogP contribution < -0.4 is 26.0 Å². The Hall–Kier alpha value is -3.14. The van der Waals surface area contributed by atoms with E-state index in [9.17, 15) is 19.2 Å². The summed E-state index contributed by atoms with van der Waals surface area (Å²) in [6, 6.07) is 5.48. The zero-order chi connectivity index (χ0) is 26.9. The Morgan fingerprint density at radius 1 is 1.17 bits per heavy atom. The molecule has 0 spiro atoms. The lowest BCUT2D eigenvalue weighted by atomic mass is 10.00. The van der Waals surface area contributed by atoms with Gasteiger partial charge in [-0.25, -0.2) is 0 Å². The molecule has 10 heteroatoms. The molecule has 36 heavy (non-hydrogen) atoms. The van der Waals surface area contributed by atoms with Gasteiger partial charge in [-0.05, 0) is 65.4 Å². The highest BCUT2D eigenvalue weighted by atomic mass is 16.5. The average Bonchev–Trinajstić information content (AvgIpc) is 2.80. The number of hydrogen-bond acceptors (Lipinski definition) is 6. The van der Waals surface area contributed by atoms with Crippen LogP contribution in [-0.4, -0.2) is 79.9 Å². The number of amides is 4. The third-order valence-corrected chi connectivity index (χ3v) is 6.05. The molecule has 0 unspecified atom stereocenters. The second-order valence-electron chi connectivity index (χ2n) is 10.3. The molecule has 0 aliphatic carbocycles. The summed E-state index contributed by atoms with van der Waals surface area (Å²) in [5.41, 5.74) is -0.897. The Balaban J connectivity index is 2.31. The predicted octanol–water partition coefficient (Wildman–Crippen LogP) is 1.06. The van der Waals surface area contributed by atoms with Crippen molar-refractivity contribution in [3.8, 4) is 5.75 Å². The van der Waals surface area contributed by atoms with E-state index >= 15 is 0 Å². The molecule has 1 aromatic carbocycles. The number of para-hydroxylation sites is 1. The zero-order valence-corrected chi connectivity index (χ0v) is 22.3. The Morgan fingerprint density at radius 2 is 1.86 bits per heavy atom. The summed E-state index contributed by atoms with van der Waals surface area (Å²) in [5.74, 6) is -1.18. The smallest absolute Gasteiger partial charge is 0.255 e. The van der Waals surface area contributed by atoms with Crippen LogP contribution in [0.4, 0.5) is 0 Å². The summed E-state index contributed by atoms with van der Waals surface area (Å²) in [7, 11) is 3.90. The maximum absolute atomic E-state index is 13.2. The van der Waals surface area contributed by atoms with E-state index in [0.29, 0.717) is 12.3 Å². The van der Waals surface area contributed by atoms with Crippen molar-refractivity contribution < 1.29 is 23.9 Å². The first kappa shape index (κ1) is 29.1. The van der Waals surface area contributed by atoms with Gasteiger partial charge in [-0.15, -0.1) is 0 Å². The van der Waals surface area contributed by atoms with E-state index in [1.807, 2.05) is 32.8 Å². The van der Waals surface area contributed by atoms with E-state index in [4.69, 9.17) is 4.74 Å². The van der Waals surface area contributed by atoms with E-state index in [1.54, 1.807) is 38.1 Å². The van der Waals surface area contributed by atoms with Gasteiger partial charge in [0.25, 0.3) is 5.91 Å². The monoisotopic (exact) mass is 503 g/mol. The first-order chi connectivity index (χ1) is 16.9. The highest BCUT2D eigenvalue weighted by molar-refractivity contribution is 6.00. The molecular weight excluding hydrogens is 462 g/mol. The highest BCUT2D eigenvalue weighted by Gasteiger charge is 2.33. The van der Waals surface area contributed by atoms with Crippen molar-refractivity contribution in [2.45, 2.75) is 64.6 Å². The zero-order valence-electron chi connectivity index (χ0n) is 22.3. The van der Waals surface area contributed by atoms with Gasteiger partial charge in [-0.3, -0.25) is 19.2 Å². The number of carbonyl (C=O) groups excluding carboxylic acids is 4. The van der Waals surface area contributed by atoms with Crippen LogP contribution in [0.2, 0.25) is 0 Å². The molecule has 1 heterocycles. The van der Waals surface area contributed by atoms with Crippen molar-refractivity contribution in [1.29, 1.82) is 0 Å². The molecule has 2 atom stereocenters. The third-order valence-electron chi connectivity index (χ3n) is 6.05. The lowest BCUT2D eigenvalue weighted by molar-refractivity contribution is -0.133. The van der Waals surface area contributed by atoms with Gasteiger partial charge < -0.3 is 30.9 Å². The van der Waals surface area contributed by atoms with Crippen LogP contribution in [0.15, 0.2) is 24.3 Å². The van der Waals surface area contributed by atoms with Gasteiger partial charge in [0.2, 0.25) is 17.7 Å². The summed E-state index contributed by atoms with van der Waals surface area (Å²) in [5, 5.41) is 11.3. The Kier molecular flexibility index (Phi) is 10.7. The molecule has 0 saturated carbocycles. The second kappa shape index (κ2) is 13.2. The topological polar surface area (TPSA) is 129 Å². The molecule has 0 bridgehead atoms. The SMILES string of the molecule is CC(C)[C@@H]1COc2ccccc2C(=O)N[C@H](C(=O)NCCCN(C)C)CCC(=O)NC(C)(C)C(=O)N1. The van der Waals surface area contributed by atoms with Crippen molar-refractivity contribution >= 4 is 23.6 Å². The third kappa shape index (κ3) is 8.82. The minimum absolute atomic E-state index is 0.0395. The number of hydrogen-bond donors (Lipinski definition) is 4. The standard InChI is InChI=1S/C26H41N5O5/c1-17(2)20-16-36-21-11-8-7-10-18(21)23(33)28-19(24(34)27-14-9-15-31(5)6)12-13-22(32)30-26(3,4)25(35)29-20/h7-8,10-11,17,19-20H,9,12-16H2,1-6H3,(H,27,34)(H,28,33)(H,29,35)(H,30,32)/t19-,20-/m0/s1. The van der Waals surface area contributed by atoms with Gasteiger partial charge in [0.15, 0.2) is 0 Å². The lowest BCUT2D eigenvalue weighted by Crippen LogP contribution is -2.58. The van der Waals surface area contributed by atoms with Crippen molar-refractivity contribution in [3.63, 3.8) is 0 Å². The summed E-state index contributed by atoms with van der Waals surface area (Å²) >= 11 is 0.